The van der Waals surface area contributed by atoms with Crippen LogP contribution in [0.3, 0.4) is 0 Å². The lowest BCUT2D eigenvalue weighted by molar-refractivity contribution is 0.0557. The highest BCUT2D eigenvalue weighted by molar-refractivity contribution is 9.10. The van der Waals surface area contributed by atoms with Crippen molar-refractivity contribution in [1.29, 1.82) is 5.26 Å². The van der Waals surface area contributed by atoms with Crippen molar-refractivity contribution < 1.29 is 0 Å². The summed E-state index contributed by atoms with van der Waals surface area (Å²) in [5.74, 6) is 0.928. The number of halogens is 1. The molecule has 1 heterocycles. The van der Waals surface area contributed by atoms with E-state index in [0.29, 0.717) is 11.1 Å². The number of rotatable bonds is 2. The topological polar surface area (TPSA) is 41.6 Å². The number of nitrogens with zero attached hydrogens (tertiary/aromatic N) is 3. The van der Waals surface area contributed by atoms with Crippen molar-refractivity contribution in [2.45, 2.75) is 51.5 Å². The SMILES string of the molecule is N#Cc1c(Br)cnn1CC12CCCC(CCC1)C2. The van der Waals surface area contributed by atoms with Crippen LogP contribution in [0.4, 0.5) is 0 Å². The van der Waals surface area contributed by atoms with Gasteiger partial charge >= 0.3 is 0 Å². The molecule has 3 nitrogen and oxygen atoms in total. The number of fused-ring (bicyclic) bond motifs is 2. The Bertz CT molecular complexity index is 476. The predicted octanol–water partition coefficient (Wildman–Crippen LogP) is 3.88. The summed E-state index contributed by atoms with van der Waals surface area (Å²) in [7, 11) is 0. The monoisotopic (exact) mass is 307 g/mol. The molecule has 0 amide bonds. The summed E-state index contributed by atoms with van der Waals surface area (Å²) in [6.07, 6.45) is 11.3. The first-order valence-corrected chi connectivity index (χ1v) is 7.63. The van der Waals surface area contributed by atoms with Gasteiger partial charge in [-0.1, -0.05) is 25.7 Å². The van der Waals surface area contributed by atoms with Crippen LogP contribution in [0.5, 0.6) is 0 Å². The van der Waals surface area contributed by atoms with Crippen molar-refractivity contribution in [3.8, 4) is 6.07 Å². The van der Waals surface area contributed by atoms with Crippen LogP contribution in [0.2, 0.25) is 0 Å². The molecule has 18 heavy (non-hydrogen) atoms. The Morgan fingerprint density at radius 3 is 2.83 bits per heavy atom. The molecule has 96 valence electrons. The molecule has 0 aromatic carbocycles. The zero-order valence-electron chi connectivity index (χ0n) is 10.5. The smallest absolute Gasteiger partial charge is 0.152 e. The quantitative estimate of drug-likeness (QED) is 0.832. The first-order valence-electron chi connectivity index (χ1n) is 6.84. The van der Waals surface area contributed by atoms with E-state index in [9.17, 15) is 5.26 Å². The van der Waals surface area contributed by atoms with Gasteiger partial charge in [0, 0.05) is 6.54 Å². The standard InChI is InChI=1S/C14H18BrN3/c15-12-9-17-18(13(12)8-16)10-14-5-1-3-11(7-14)4-2-6-14/h9,11H,1-7,10H2. The summed E-state index contributed by atoms with van der Waals surface area (Å²) in [5.41, 5.74) is 1.09. The average molecular weight is 308 g/mol. The highest BCUT2D eigenvalue weighted by Crippen LogP contribution is 2.49. The lowest BCUT2D eigenvalue weighted by Crippen LogP contribution is -2.37. The Labute approximate surface area is 116 Å². The van der Waals surface area contributed by atoms with Gasteiger partial charge in [-0.05, 0) is 46.5 Å². The molecule has 0 atom stereocenters. The summed E-state index contributed by atoms with van der Waals surface area (Å²) in [5, 5.41) is 13.6. The molecule has 4 heteroatoms. The van der Waals surface area contributed by atoms with Crippen LogP contribution < -0.4 is 0 Å². The number of aromatic nitrogens is 2. The number of hydrogen-bond donors (Lipinski definition) is 0. The first-order chi connectivity index (χ1) is 8.72. The Morgan fingerprint density at radius 1 is 1.44 bits per heavy atom. The molecule has 0 saturated heterocycles. The van der Waals surface area contributed by atoms with Gasteiger partial charge in [0.1, 0.15) is 6.07 Å². The van der Waals surface area contributed by atoms with Crippen molar-refractivity contribution in [3.05, 3.63) is 16.4 Å². The Morgan fingerprint density at radius 2 is 2.17 bits per heavy atom. The summed E-state index contributed by atoms with van der Waals surface area (Å²) >= 11 is 3.40. The fourth-order valence-electron chi connectivity index (χ4n) is 3.96. The summed E-state index contributed by atoms with van der Waals surface area (Å²) in [6, 6.07) is 2.26. The van der Waals surface area contributed by atoms with E-state index < -0.39 is 0 Å². The highest BCUT2D eigenvalue weighted by atomic mass is 79.9. The summed E-state index contributed by atoms with van der Waals surface area (Å²) in [6.45, 7) is 0.929. The molecule has 3 rings (SSSR count). The van der Waals surface area contributed by atoms with E-state index in [4.69, 9.17) is 0 Å². The van der Waals surface area contributed by atoms with Crippen LogP contribution in [0, 0.1) is 22.7 Å². The van der Waals surface area contributed by atoms with Crippen LogP contribution in [-0.2, 0) is 6.54 Å². The highest BCUT2D eigenvalue weighted by Gasteiger charge is 2.40. The van der Waals surface area contributed by atoms with Crippen molar-refractivity contribution in [2.75, 3.05) is 0 Å². The summed E-state index contributed by atoms with van der Waals surface area (Å²) < 4.78 is 2.74. The molecular weight excluding hydrogens is 290 g/mol. The van der Waals surface area contributed by atoms with Crippen molar-refractivity contribution in [2.24, 2.45) is 11.3 Å². The van der Waals surface area contributed by atoms with Gasteiger partial charge in [-0.2, -0.15) is 10.4 Å². The van der Waals surface area contributed by atoms with Gasteiger partial charge in [0.15, 0.2) is 5.69 Å². The molecular formula is C14H18BrN3. The van der Waals surface area contributed by atoms with Gasteiger partial charge in [0.05, 0.1) is 10.7 Å². The van der Waals surface area contributed by atoms with E-state index in [1.165, 1.54) is 44.9 Å². The van der Waals surface area contributed by atoms with Crippen LogP contribution in [-0.4, -0.2) is 9.78 Å². The minimum Gasteiger partial charge on any atom is -0.253 e. The van der Waals surface area contributed by atoms with Gasteiger partial charge in [-0.25, -0.2) is 0 Å². The van der Waals surface area contributed by atoms with E-state index in [0.717, 1.165) is 16.9 Å². The second kappa shape index (κ2) is 4.70. The van der Waals surface area contributed by atoms with Crippen LogP contribution in [0.25, 0.3) is 0 Å². The normalized spacial score (nSPS) is 31.0. The van der Waals surface area contributed by atoms with Gasteiger partial charge < -0.3 is 0 Å². The molecule has 2 bridgehead atoms. The zero-order chi connectivity index (χ0) is 12.6. The van der Waals surface area contributed by atoms with Crippen LogP contribution in [0.1, 0.15) is 50.6 Å². The van der Waals surface area contributed by atoms with Gasteiger partial charge in [-0.3, -0.25) is 4.68 Å². The van der Waals surface area contributed by atoms with E-state index in [-0.39, 0.29) is 0 Å². The minimum atomic E-state index is 0.415. The molecule has 0 unspecified atom stereocenters. The fraction of sp³-hybridized carbons (Fsp3) is 0.714. The van der Waals surface area contributed by atoms with E-state index in [2.05, 4.69) is 27.1 Å². The predicted molar refractivity (Wildman–Crippen MR) is 72.9 cm³/mol. The molecule has 0 spiro atoms. The average Bonchev–Trinajstić information content (AvgIpc) is 2.69. The fourth-order valence-corrected chi connectivity index (χ4v) is 4.34. The van der Waals surface area contributed by atoms with Crippen molar-refractivity contribution >= 4 is 15.9 Å². The second-order valence-corrected chi connectivity index (χ2v) is 6.82. The Hall–Kier alpha value is -0.820. The zero-order valence-corrected chi connectivity index (χ0v) is 12.1. The molecule has 2 aliphatic carbocycles. The van der Waals surface area contributed by atoms with Gasteiger partial charge in [0.25, 0.3) is 0 Å². The molecule has 2 aliphatic rings. The van der Waals surface area contributed by atoms with E-state index in [1.54, 1.807) is 6.20 Å². The molecule has 1 aromatic heterocycles. The van der Waals surface area contributed by atoms with E-state index >= 15 is 0 Å². The lowest BCUT2D eigenvalue weighted by Gasteiger charge is -2.45. The number of nitriles is 1. The first kappa shape index (κ1) is 12.2. The molecule has 0 radical (unpaired) electrons. The van der Waals surface area contributed by atoms with Crippen LogP contribution in [0.15, 0.2) is 10.7 Å². The Kier molecular flexibility index (Phi) is 3.19. The van der Waals surface area contributed by atoms with E-state index in [1.807, 2.05) is 4.68 Å². The maximum absolute atomic E-state index is 9.20. The van der Waals surface area contributed by atoms with Crippen molar-refractivity contribution in [3.63, 3.8) is 0 Å². The van der Waals surface area contributed by atoms with Gasteiger partial charge in [0.2, 0.25) is 0 Å². The van der Waals surface area contributed by atoms with Crippen LogP contribution >= 0.6 is 15.9 Å². The minimum absolute atomic E-state index is 0.415. The lowest BCUT2D eigenvalue weighted by atomic mass is 9.62. The molecule has 1 aromatic rings. The third-order valence-corrected chi connectivity index (χ3v) is 5.33. The van der Waals surface area contributed by atoms with Crippen molar-refractivity contribution in [1.82, 2.24) is 9.78 Å². The second-order valence-electron chi connectivity index (χ2n) is 5.97. The maximum atomic E-state index is 9.20. The molecule has 2 fully saturated rings. The molecule has 0 aliphatic heterocycles. The van der Waals surface area contributed by atoms with Gasteiger partial charge in [-0.15, -0.1) is 0 Å². The maximum Gasteiger partial charge on any atom is 0.152 e. The largest absolute Gasteiger partial charge is 0.253 e. The third-order valence-electron chi connectivity index (χ3n) is 4.75. The molecule has 0 N–H and O–H groups in total. The summed E-state index contributed by atoms with van der Waals surface area (Å²) in [4.78, 5) is 0. The molecule has 2 saturated carbocycles. The Balaban J connectivity index is 1.84. The number of hydrogen-bond acceptors (Lipinski definition) is 2. The third kappa shape index (κ3) is 2.09.